The van der Waals surface area contributed by atoms with E-state index in [0.29, 0.717) is 6.42 Å². The molecule has 0 aliphatic heterocycles. The Balaban J connectivity index is 2.44. The zero-order chi connectivity index (χ0) is 11.7. The topological polar surface area (TPSA) is 50.4 Å². The summed E-state index contributed by atoms with van der Waals surface area (Å²) >= 11 is 0. The van der Waals surface area contributed by atoms with E-state index < -0.39 is 5.97 Å². The van der Waals surface area contributed by atoms with E-state index >= 15 is 0 Å². The van der Waals surface area contributed by atoms with Crippen LogP contribution < -0.4 is 0 Å². The van der Waals surface area contributed by atoms with E-state index in [4.69, 9.17) is 9.52 Å². The average Bonchev–Trinajstić information content (AvgIpc) is 2.55. The first kappa shape index (κ1) is 10.7. The summed E-state index contributed by atoms with van der Waals surface area (Å²) in [6, 6.07) is 5.98. The number of hydrogen-bond donors (Lipinski definition) is 1. The van der Waals surface area contributed by atoms with Crippen LogP contribution in [0.3, 0.4) is 0 Å². The van der Waals surface area contributed by atoms with Gasteiger partial charge in [0.05, 0.1) is 6.42 Å². The van der Waals surface area contributed by atoms with Gasteiger partial charge in [-0.2, -0.15) is 0 Å². The second kappa shape index (κ2) is 4.00. The van der Waals surface area contributed by atoms with Crippen molar-refractivity contribution in [3.8, 4) is 0 Å². The maximum Gasteiger partial charge on any atom is 0.303 e. The highest BCUT2D eigenvalue weighted by molar-refractivity contribution is 5.84. The van der Waals surface area contributed by atoms with E-state index in [0.717, 1.165) is 27.9 Å². The number of carboxylic acids is 1. The van der Waals surface area contributed by atoms with Gasteiger partial charge in [-0.05, 0) is 25.0 Å². The number of rotatable bonds is 3. The van der Waals surface area contributed by atoms with E-state index in [-0.39, 0.29) is 6.42 Å². The van der Waals surface area contributed by atoms with Gasteiger partial charge in [0.1, 0.15) is 11.3 Å². The maximum absolute atomic E-state index is 10.5. The molecule has 0 amide bonds. The number of fused-ring (bicyclic) bond motifs is 1. The van der Waals surface area contributed by atoms with E-state index in [2.05, 4.69) is 0 Å². The Morgan fingerprint density at radius 2 is 2.12 bits per heavy atom. The van der Waals surface area contributed by atoms with Crippen molar-refractivity contribution in [2.45, 2.75) is 26.7 Å². The molecule has 84 valence electrons. The number of furan rings is 1. The molecule has 0 fully saturated rings. The van der Waals surface area contributed by atoms with Gasteiger partial charge in [-0.25, -0.2) is 0 Å². The highest BCUT2D eigenvalue weighted by atomic mass is 16.4. The molecule has 1 aromatic carbocycles. The summed E-state index contributed by atoms with van der Waals surface area (Å²) in [5.74, 6) is -0.0109. The van der Waals surface area contributed by atoms with E-state index in [1.165, 1.54) is 0 Å². The van der Waals surface area contributed by atoms with Gasteiger partial charge in [0.2, 0.25) is 0 Å². The highest BCUT2D eigenvalue weighted by Gasteiger charge is 2.12. The van der Waals surface area contributed by atoms with Crippen molar-refractivity contribution in [1.82, 2.24) is 0 Å². The van der Waals surface area contributed by atoms with Crippen molar-refractivity contribution < 1.29 is 14.3 Å². The van der Waals surface area contributed by atoms with E-state index in [1.807, 2.05) is 32.0 Å². The van der Waals surface area contributed by atoms with Gasteiger partial charge in [0.25, 0.3) is 0 Å². The molecule has 0 spiro atoms. The van der Waals surface area contributed by atoms with Gasteiger partial charge in [-0.15, -0.1) is 0 Å². The smallest absolute Gasteiger partial charge is 0.303 e. The summed E-state index contributed by atoms with van der Waals surface area (Å²) in [6.45, 7) is 3.97. The van der Waals surface area contributed by atoms with E-state index in [1.54, 1.807) is 0 Å². The summed E-state index contributed by atoms with van der Waals surface area (Å²) in [7, 11) is 0. The molecule has 0 unspecified atom stereocenters. The first-order valence-corrected chi connectivity index (χ1v) is 5.29. The first-order valence-electron chi connectivity index (χ1n) is 5.29. The molecule has 0 radical (unpaired) electrons. The average molecular weight is 218 g/mol. The normalized spacial score (nSPS) is 10.9. The Morgan fingerprint density at radius 1 is 1.38 bits per heavy atom. The summed E-state index contributed by atoms with van der Waals surface area (Å²) in [4.78, 5) is 10.5. The van der Waals surface area contributed by atoms with Crippen molar-refractivity contribution in [2.75, 3.05) is 0 Å². The lowest BCUT2D eigenvalue weighted by Crippen LogP contribution is -1.97. The third-order valence-electron chi connectivity index (χ3n) is 2.83. The predicted octanol–water partition coefficient (Wildman–Crippen LogP) is 3.07. The molecule has 2 aromatic rings. The minimum absolute atomic E-state index is 0.111. The molecule has 3 nitrogen and oxygen atoms in total. The first-order chi connectivity index (χ1) is 7.59. The second-order valence-electron chi connectivity index (χ2n) is 4.00. The van der Waals surface area contributed by atoms with Crippen LogP contribution in [0.5, 0.6) is 0 Å². The van der Waals surface area contributed by atoms with Crippen LogP contribution in [0.4, 0.5) is 0 Å². The molecule has 0 atom stereocenters. The Kier molecular flexibility index (Phi) is 2.69. The molecule has 0 saturated carbocycles. The predicted molar refractivity (Wildman–Crippen MR) is 61.6 cm³/mol. The molecule has 1 aromatic heterocycles. The SMILES string of the molecule is Cc1c(CCC(=O)O)oc2c(C)cccc12. The number of para-hydroxylation sites is 1. The van der Waals surface area contributed by atoms with Gasteiger partial charge < -0.3 is 9.52 Å². The van der Waals surface area contributed by atoms with Gasteiger partial charge in [0, 0.05) is 11.8 Å². The lowest BCUT2D eigenvalue weighted by molar-refractivity contribution is -0.137. The number of hydrogen-bond acceptors (Lipinski definition) is 2. The Hall–Kier alpha value is -1.77. The summed E-state index contributed by atoms with van der Waals surface area (Å²) in [5.41, 5.74) is 3.02. The van der Waals surface area contributed by atoms with Crippen LogP contribution in [-0.4, -0.2) is 11.1 Å². The fourth-order valence-electron chi connectivity index (χ4n) is 1.89. The van der Waals surface area contributed by atoms with Crippen LogP contribution in [0.15, 0.2) is 22.6 Å². The molecule has 3 heteroatoms. The van der Waals surface area contributed by atoms with Crippen molar-refractivity contribution >= 4 is 16.9 Å². The van der Waals surface area contributed by atoms with E-state index in [9.17, 15) is 4.79 Å². The maximum atomic E-state index is 10.5. The molecular formula is C13H14O3. The number of aliphatic carboxylic acids is 1. The Bertz CT molecular complexity index is 537. The largest absolute Gasteiger partial charge is 0.481 e. The molecule has 0 saturated heterocycles. The monoisotopic (exact) mass is 218 g/mol. The van der Waals surface area contributed by atoms with Gasteiger partial charge in [0.15, 0.2) is 0 Å². The minimum atomic E-state index is -0.795. The highest BCUT2D eigenvalue weighted by Crippen LogP contribution is 2.28. The van der Waals surface area contributed by atoms with Gasteiger partial charge >= 0.3 is 5.97 Å². The number of carbonyl (C=O) groups is 1. The summed E-state index contributed by atoms with van der Waals surface area (Å²) in [6.07, 6.45) is 0.564. The van der Waals surface area contributed by atoms with Crippen LogP contribution in [0, 0.1) is 13.8 Å². The molecule has 1 heterocycles. The third-order valence-corrected chi connectivity index (χ3v) is 2.83. The van der Waals surface area contributed by atoms with Gasteiger partial charge in [-0.1, -0.05) is 18.2 Å². The van der Waals surface area contributed by atoms with Crippen LogP contribution in [0.1, 0.15) is 23.3 Å². The van der Waals surface area contributed by atoms with Crippen LogP contribution in [0.25, 0.3) is 11.0 Å². The zero-order valence-electron chi connectivity index (χ0n) is 9.41. The number of aryl methyl sites for hydroxylation is 3. The molecule has 16 heavy (non-hydrogen) atoms. The third kappa shape index (κ3) is 1.81. The lowest BCUT2D eigenvalue weighted by atomic mass is 10.1. The number of benzene rings is 1. The molecule has 1 N–H and O–H groups in total. The standard InChI is InChI=1S/C13H14O3/c1-8-4-3-5-10-9(2)11(16-13(8)10)6-7-12(14)15/h3-5H,6-7H2,1-2H3,(H,14,15). The molecule has 0 bridgehead atoms. The summed E-state index contributed by atoms with van der Waals surface area (Å²) < 4.78 is 5.72. The Labute approximate surface area is 93.7 Å². The Morgan fingerprint density at radius 3 is 2.75 bits per heavy atom. The molecule has 0 aliphatic carbocycles. The minimum Gasteiger partial charge on any atom is -0.481 e. The molecule has 0 aliphatic rings. The fourth-order valence-corrected chi connectivity index (χ4v) is 1.89. The van der Waals surface area contributed by atoms with Crippen molar-refractivity contribution in [3.05, 3.63) is 35.1 Å². The van der Waals surface area contributed by atoms with Crippen molar-refractivity contribution in [3.63, 3.8) is 0 Å². The summed E-state index contributed by atoms with van der Waals surface area (Å²) in [5, 5.41) is 9.74. The van der Waals surface area contributed by atoms with Crippen molar-refractivity contribution in [2.24, 2.45) is 0 Å². The quantitative estimate of drug-likeness (QED) is 0.861. The molecule has 2 rings (SSSR count). The van der Waals surface area contributed by atoms with Crippen molar-refractivity contribution in [1.29, 1.82) is 0 Å². The van der Waals surface area contributed by atoms with Crippen LogP contribution in [-0.2, 0) is 11.2 Å². The van der Waals surface area contributed by atoms with Gasteiger partial charge in [-0.3, -0.25) is 4.79 Å². The second-order valence-corrected chi connectivity index (χ2v) is 4.00. The zero-order valence-corrected chi connectivity index (χ0v) is 9.41. The fraction of sp³-hybridized carbons (Fsp3) is 0.308. The molecular weight excluding hydrogens is 204 g/mol. The van der Waals surface area contributed by atoms with Crippen LogP contribution in [0.2, 0.25) is 0 Å². The lowest BCUT2D eigenvalue weighted by Gasteiger charge is -1.94. The van der Waals surface area contributed by atoms with Crippen LogP contribution >= 0.6 is 0 Å². The number of carboxylic acid groups (broad SMARTS) is 1.